The van der Waals surface area contributed by atoms with Gasteiger partial charge in [-0.05, 0) is 38.8 Å². The van der Waals surface area contributed by atoms with Crippen LogP contribution >= 0.6 is 0 Å². The number of amides is 2. The van der Waals surface area contributed by atoms with E-state index >= 15 is 0 Å². The summed E-state index contributed by atoms with van der Waals surface area (Å²) in [6, 6.07) is -0.311. The van der Waals surface area contributed by atoms with E-state index in [1.165, 1.54) is 26.4 Å². The minimum Gasteiger partial charge on any atom is -0.469 e. The summed E-state index contributed by atoms with van der Waals surface area (Å²) in [4.78, 5) is 37.2. The molecule has 0 aromatic heterocycles. The van der Waals surface area contributed by atoms with Gasteiger partial charge < -0.3 is 10.5 Å². The Labute approximate surface area is 157 Å². The van der Waals surface area contributed by atoms with Crippen LogP contribution < -0.4 is 11.1 Å². The van der Waals surface area contributed by atoms with Crippen LogP contribution in [0.2, 0.25) is 0 Å². The number of nitrogens with one attached hydrogen (secondary N) is 1. The van der Waals surface area contributed by atoms with Gasteiger partial charge in [0.25, 0.3) is 0 Å². The Morgan fingerprint density at radius 1 is 1.15 bits per heavy atom. The van der Waals surface area contributed by atoms with Crippen molar-refractivity contribution in [3.63, 3.8) is 0 Å². The van der Waals surface area contributed by atoms with Crippen LogP contribution in [0, 0.1) is 5.92 Å². The minimum atomic E-state index is -0.435. The highest BCUT2D eigenvalue weighted by Gasteiger charge is 2.28. The van der Waals surface area contributed by atoms with E-state index in [2.05, 4.69) is 10.1 Å². The minimum absolute atomic E-state index is 0.181. The van der Waals surface area contributed by atoms with Crippen molar-refractivity contribution >= 4 is 17.8 Å². The molecule has 3 N–H and O–H groups in total. The highest BCUT2D eigenvalue weighted by atomic mass is 16.5. The van der Waals surface area contributed by atoms with Gasteiger partial charge >= 0.3 is 5.97 Å². The zero-order valence-corrected chi connectivity index (χ0v) is 16.3. The largest absolute Gasteiger partial charge is 0.469 e. The first-order chi connectivity index (χ1) is 12.5. The smallest absolute Gasteiger partial charge is 0.305 e. The fourth-order valence-corrected chi connectivity index (χ4v) is 3.56. The third-order valence-electron chi connectivity index (χ3n) is 5.18. The standard InChI is InChI=1S/C19H35N3O4/c1-22(12-8-4-7-11-18(24)26-2)16(19(25)21-17(23)14-20)13-15-9-5-3-6-10-15/h15-16H,3-14,20H2,1-2H3,(H,21,23,25)/t16-/m0/s1. The summed E-state index contributed by atoms with van der Waals surface area (Å²) in [7, 11) is 3.33. The number of nitrogens with zero attached hydrogens (tertiary/aromatic N) is 1. The maximum Gasteiger partial charge on any atom is 0.305 e. The molecule has 1 fully saturated rings. The first kappa shape index (κ1) is 22.6. The molecule has 0 saturated heterocycles. The first-order valence-corrected chi connectivity index (χ1v) is 9.78. The maximum atomic E-state index is 12.6. The number of carbonyl (C=O) groups is 3. The van der Waals surface area contributed by atoms with E-state index in [-0.39, 0.29) is 24.5 Å². The fraction of sp³-hybridized carbons (Fsp3) is 0.842. The summed E-state index contributed by atoms with van der Waals surface area (Å²) in [6.45, 7) is 0.571. The van der Waals surface area contributed by atoms with E-state index < -0.39 is 5.91 Å². The number of ether oxygens (including phenoxy) is 1. The summed E-state index contributed by atoms with van der Waals surface area (Å²) in [6.07, 6.45) is 9.81. The van der Waals surface area contributed by atoms with Gasteiger partial charge in [0.15, 0.2) is 0 Å². The summed E-state index contributed by atoms with van der Waals surface area (Å²) >= 11 is 0. The Kier molecular flexibility index (Phi) is 11.1. The van der Waals surface area contributed by atoms with Crippen molar-refractivity contribution in [2.75, 3.05) is 27.2 Å². The van der Waals surface area contributed by atoms with Crippen molar-refractivity contribution in [3.8, 4) is 0 Å². The Morgan fingerprint density at radius 3 is 2.46 bits per heavy atom. The van der Waals surface area contributed by atoms with E-state index in [1.807, 2.05) is 11.9 Å². The lowest BCUT2D eigenvalue weighted by atomic mass is 9.84. The molecule has 2 amide bonds. The van der Waals surface area contributed by atoms with Crippen LogP contribution in [0.4, 0.5) is 0 Å². The number of unbranched alkanes of at least 4 members (excludes halogenated alkanes) is 2. The molecule has 1 rings (SSSR count). The molecule has 7 nitrogen and oxygen atoms in total. The second-order valence-corrected chi connectivity index (χ2v) is 7.24. The molecule has 1 aliphatic rings. The zero-order valence-electron chi connectivity index (χ0n) is 16.3. The lowest BCUT2D eigenvalue weighted by molar-refractivity contribution is -0.140. The van der Waals surface area contributed by atoms with Crippen molar-refractivity contribution in [1.29, 1.82) is 0 Å². The average molecular weight is 370 g/mol. The molecule has 1 aliphatic carbocycles. The van der Waals surface area contributed by atoms with E-state index in [0.29, 0.717) is 12.3 Å². The van der Waals surface area contributed by atoms with Crippen molar-refractivity contribution in [2.24, 2.45) is 11.7 Å². The molecule has 150 valence electrons. The zero-order chi connectivity index (χ0) is 19.4. The molecule has 0 aromatic carbocycles. The lowest BCUT2D eigenvalue weighted by Gasteiger charge is -2.31. The maximum absolute atomic E-state index is 12.6. The van der Waals surface area contributed by atoms with Crippen molar-refractivity contribution in [3.05, 3.63) is 0 Å². The van der Waals surface area contributed by atoms with Crippen molar-refractivity contribution in [2.45, 2.75) is 70.3 Å². The van der Waals surface area contributed by atoms with Crippen molar-refractivity contribution < 1.29 is 19.1 Å². The Balaban J connectivity index is 2.50. The van der Waals surface area contributed by atoms with E-state index in [1.54, 1.807) is 0 Å². The predicted molar refractivity (Wildman–Crippen MR) is 100 cm³/mol. The quantitative estimate of drug-likeness (QED) is 0.424. The molecule has 0 spiro atoms. The van der Waals surface area contributed by atoms with Crippen LogP contribution in [0.1, 0.15) is 64.2 Å². The van der Waals surface area contributed by atoms with Crippen LogP contribution in [0.25, 0.3) is 0 Å². The van der Waals surface area contributed by atoms with Crippen molar-refractivity contribution in [1.82, 2.24) is 10.2 Å². The van der Waals surface area contributed by atoms with Gasteiger partial charge in [-0.3, -0.25) is 24.6 Å². The molecule has 0 aromatic rings. The highest BCUT2D eigenvalue weighted by Crippen LogP contribution is 2.28. The molecule has 0 heterocycles. The van der Waals surface area contributed by atoms with Gasteiger partial charge in [-0.2, -0.15) is 0 Å². The molecule has 26 heavy (non-hydrogen) atoms. The molecule has 0 radical (unpaired) electrons. The van der Waals surface area contributed by atoms with Gasteiger partial charge in [0.05, 0.1) is 19.7 Å². The average Bonchev–Trinajstić information content (AvgIpc) is 2.65. The summed E-state index contributed by atoms with van der Waals surface area (Å²) in [5, 5.41) is 2.42. The predicted octanol–water partition coefficient (Wildman–Crippen LogP) is 1.59. The summed E-state index contributed by atoms with van der Waals surface area (Å²) < 4.78 is 4.64. The molecular formula is C19H35N3O4. The SMILES string of the molecule is COC(=O)CCCCCN(C)[C@@H](CC1CCCCC1)C(=O)NC(=O)CN. The van der Waals surface area contributed by atoms with Crippen LogP contribution in [0.5, 0.6) is 0 Å². The van der Waals surface area contributed by atoms with Gasteiger partial charge in [-0.1, -0.05) is 38.5 Å². The molecule has 7 heteroatoms. The number of carbonyl (C=O) groups excluding carboxylic acids is 3. The molecule has 1 saturated carbocycles. The lowest BCUT2D eigenvalue weighted by Crippen LogP contribution is -2.49. The van der Waals surface area contributed by atoms with Gasteiger partial charge in [-0.15, -0.1) is 0 Å². The number of rotatable bonds is 11. The van der Waals surface area contributed by atoms with E-state index in [9.17, 15) is 14.4 Å². The van der Waals surface area contributed by atoms with E-state index in [0.717, 1.165) is 45.1 Å². The number of esters is 1. The molecule has 0 unspecified atom stereocenters. The molecular weight excluding hydrogens is 334 g/mol. The topological polar surface area (TPSA) is 102 Å². The summed E-state index contributed by atoms with van der Waals surface area (Å²) in [5.74, 6) is -0.333. The first-order valence-electron chi connectivity index (χ1n) is 9.78. The summed E-state index contributed by atoms with van der Waals surface area (Å²) in [5.41, 5.74) is 5.31. The number of hydrogen-bond acceptors (Lipinski definition) is 6. The van der Waals surface area contributed by atoms with Crippen LogP contribution in [0.3, 0.4) is 0 Å². The third-order valence-corrected chi connectivity index (χ3v) is 5.18. The van der Waals surface area contributed by atoms with Crippen LogP contribution in [-0.4, -0.2) is 56.0 Å². The van der Waals surface area contributed by atoms with E-state index in [4.69, 9.17) is 5.73 Å². The highest BCUT2D eigenvalue weighted by molar-refractivity contribution is 5.98. The number of hydrogen-bond donors (Lipinski definition) is 2. The molecule has 0 bridgehead atoms. The Morgan fingerprint density at radius 2 is 1.85 bits per heavy atom. The van der Waals surface area contributed by atoms with Gasteiger partial charge in [0.1, 0.15) is 0 Å². The number of imide groups is 1. The van der Waals surface area contributed by atoms with Crippen LogP contribution in [-0.2, 0) is 19.1 Å². The fourth-order valence-electron chi connectivity index (χ4n) is 3.56. The van der Waals surface area contributed by atoms with Crippen LogP contribution in [0.15, 0.2) is 0 Å². The monoisotopic (exact) mass is 369 g/mol. The molecule has 0 aliphatic heterocycles. The number of likely N-dealkylation sites (N-methyl/N-ethyl adjacent to an activating group) is 1. The number of methoxy groups -OCH3 is 1. The third kappa shape index (κ3) is 8.76. The Bertz CT molecular complexity index is 450. The second-order valence-electron chi connectivity index (χ2n) is 7.24. The second kappa shape index (κ2) is 12.8. The molecule has 1 atom stereocenters. The van der Waals surface area contributed by atoms with Gasteiger partial charge in [-0.25, -0.2) is 0 Å². The number of nitrogens with two attached hydrogens (primary N) is 1. The normalized spacial score (nSPS) is 16.3. The Hall–Kier alpha value is -1.47. The van der Waals surface area contributed by atoms with Gasteiger partial charge in [0, 0.05) is 6.42 Å². The van der Waals surface area contributed by atoms with Gasteiger partial charge in [0.2, 0.25) is 11.8 Å².